The van der Waals surface area contributed by atoms with Gasteiger partial charge < -0.3 is 5.11 Å². The summed E-state index contributed by atoms with van der Waals surface area (Å²) in [5.74, 6) is -4.20. The van der Waals surface area contributed by atoms with Crippen LogP contribution in [0.4, 0.5) is 13.2 Å². The van der Waals surface area contributed by atoms with Gasteiger partial charge in [-0.1, -0.05) is 0 Å². The molecule has 2 rings (SSSR count). The summed E-state index contributed by atoms with van der Waals surface area (Å²) >= 11 is 0.881. The van der Waals surface area contributed by atoms with Crippen LogP contribution in [0.5, 0.6) is 0 Å². The lowest BCUT2D eigenvalue weighted by Crippen LogP contribution is -1.99. The van der Waals surface area contributed by atoms with Crippen LogP contribution in [0.3, 0.4) is 0 Å². The Hall–Kier alpha value is -1.89. The van der Waals surface area contributed by atoms with Gasteiger partial charge in [-0.3, -0.25) is 4.79 Å². The van der Waals surface area contributed by atoms with Crippen LogP contribution >= 0.6 is 11.3 Å². The number of rotatable bonds is 3. The summed E-state index contributed by atoms with van der Waals surface area (Å²) < 4.78 is 39.9. The third kappa shape index (κ3) is 2.76. The number of thiazole rings is 1. The maximum absolute atomic E-state index is 13.6. The molecule has 0 aliphatic carbocycles. The van der Waals surface area contributed by atoms with Gasteiger partial charge >= 0.3 is 5.97 Å². The molecule has 100 valence electrons. The van der Waals surface area contributed by atoms with Crippen molar-refractivity contribution in [3.05, 3.63) is 40.2 Å². The normalized spacial score (nSPS) is 10.7. The zero-order chi connectivity index (χ0) is 14.2. The summed E-state index contributed by atoms with van der Waals surface area (Å²) in [7, 11) is 0. The van der Waals surface area contributed by atoms with Crippen molar-refractivity contribution in [3.63, 3.8) is 0 Å². The topological polar surface area (TPSA) is 50.2 Å². The molecule has 3 nitrogen and oxygen atoms in total. The molecule has 1 aromatic carbocycles. The van der Waals surface area contributed by atoms with Crippen LogP contribution in [0.25, 0.3) is 10.6 Å². The van der Waals surface area contributed by atoms with Crippen LogP contribution in [0, 0.1) is 24.4 Å². The van der Waals surface area contributed by atoms with E-state index < -0.39 is 29.0 Å². The number of aromatic nitrogens is 1. The number of aryl methyl sites for hydroxylation is 1. The summed E-state index contributed by atoms with van der Waals surface area (Å²) in [5.41, 5.74) is -0.0448. The van der Waals surface area contributed by atoms with Crippen LogP contribution in [-0.2, 0) is 11.2 Å². The van der Waals surface area contributed by atoms with E-state index in [1.807, 2.05) is 0 Å². The maximum Gasteiger partial charge on any atom is 0.308 e. The van der Waals surface area contributed by atoms with Crippen molar-refractivity contribution in [1.82, 2.24) is 4.98 Å². The molecule has 0 unspecified atom stereocenters. The van der Waals surface area contributed by atoms with Crippen molar-refractivity contribution in [3.8, 4) is 10.6 Å². The van der Waals surface area contributed by atoms with Gasteiger partial charge in [0.1, 0.15) is 22.5 Å². The van der Waals surface area contributed by atoms with Crippen molar-refractivity contribution in [2.24, 2.45) is 0 Å². The minimum Gasteiger partial charge on any atom is -0.481 e. The molecule has 1 N–H and O–H groups in total. The highest BCUT2D eigenvalue weighted by atomic mass is 32.1. The molecule has 0 bridgehead atoms. The van der Waals surface area contributed by atoms with Gasteiger partial charge in [-0.2, -0.15) is 0 Å². The van der Waals surface area contributed by atoms with Gasteiger partial charge in [0.15, 0.2) is 0 Å². The molecular weight excluding hydrogens is 279 g/mol. The Labute approximate surface area is 110 Å². The van der Waals surface area contributed by atoms with E-state index >= 15 is 0 Å². The summed E-state index contributed by atoms with van der Waals surface area (Å²) in [5, 5.41) is 8.70. The predicted octanol–water partition coefficient (Wildman–Crippen LogP) is 3.16. The Kier molecular flexibility index (Phi) is 3.57. The van der Waals surface area contributed by atoms with Gasteiger partial charge in [-0.05, 0) is 6.92 Å². The maximum atomic E-state index is 13.6. The second-order valence-corrected chi connectivity index (χ2v) is 4.93. The molecule has 0 fully saturated rings. The number of aliphatic carboxylic acids is 1. The van der Waals surface area contributed by atoms with E-state index in [-0.39, 0.29) is 11.4 Å². The van der Waals surface area contributed by atoms with Crippen LogP contribution in [-0.4, -0.2) is 16.1 Å². The fraction of sp³-hybridized carbons (Fsp3) is 0.167. The number of carboxylic acid groups (broad SMARTS) is 1. The summed E-state index contributed by atoms with van der Waals surface area (Å²) in [6.45, 7) is 1.55. The van der Waals surface area contributed by atoms with Crippen LogP contribution < -0.4 is 0 Å². The molecule has 7 heteroatoms. The van der Waals surface area contributed by atoms with E-state index in [0.717, 1.165) is 11.3 Å². The molecular formula is C12H8F3NO2S. The molecule has 0 radical (unpaired) electrons. The first kappa shape index (κ1) is 13.5. The largest absolute Gasteiger partial charge is 0.481 e. The van der Waals surface area contributed by atoms with Gasteiger partial charge in [0.25, 0.3) is 0 Å². The first-order chi connectivity index (χ1) is 8.88. The highest BCUT2D eigenvalue weighted by molar-refractivity contribution is 7.15. The molecule has 0 spiro atoms. The average molecular weight is 287 g/mol. The number of hydrogen-bond donors (Lipinski definition) is 1. The quantitative estimate of drug-likeness (QED) is 0.943. The van der Waals surface area contributed by atoms with Gasteiger partial charge in [0, 0.05) is 17.0 Å². The molecule has 0 amide bonds. The predicted molar refractivity (Wildman–Crippen MR) is 63.5 cm³/mol. The van der Waals surface area contributed by atoms with E-state index in [1.54, 1.807) is 6.92 Å². The average Bonchev–Trinajstić information content (AvgIpc) is 2.57. The van der Waals surface area contributed by atoms with Crippen molar-refractivity contribution in [2.45, 2.75) is 13.3 Å². The number of halogens is 3. The third-order valence-corrected chi connectivity index (χ3v) is 3.60. The lowest BCUT2D eigenvalue weighted by molar-refractivity contribution is -0.136. The van der Waals surface area contributed by atoms with E-state index in [4.69, 9.17) is 5.11 Å². The fourth-order valence-corrected chi connectivity index (χ4v) is 2.68. The number of hydrogen-bond acceptors (Lipinski definition) is 3. The first-order valence-electron chi connectivity index (χ1n) is 5.21. The SMILES string of the molecule is Cc1nc(-c2c(F)cc(F)cc2F)sc1CC(=O)O. The van der Waals surface area contributed by atoms with Crippen LogP contribution in [0.15, 0.2) is 12.1 Å². The molecule has 0 atom stereocenters. The monoisotopic (exact) mass is 287 g/mol. The number of carboxylic acids is 1. The second-order valence-electron chi connectivity index (χ2n) is 3.84. The minimum atomic E-state index is -1.06. The van der Waals surface area contributed by atoms with Crippen molar-refractivity contribution in [2.75, 3.05) is 0 Å². The Morgan fingerprint density at radius 3 is 2.42 bits per heavy atom. The molecule has 2 aromatic rings. The van der Waals surface area contributed by atoms with Crippen molar-refractivity contribution < 1.29 is 23.1 Å². The van der Waals surface area contributed by atoms with E-state index in [1.165, 1.54) is 0 Å². The van der Waals surface area contributed by atoms with Crippen LogP contribution in [0.1, 0.15) is 10.6 Å². The Bertz CT molecular complexity index is 631. The van der Waals surface area contributed by atoms with Crippen LogP contribution in [0.2, 0.25) is 0 Å². The fourth-order valence-electron chi connectivity index (χ4n) is 1.58. The number of nitrogens with zero attached hydrogens (tertiary/aromatic N) is 1. The van der Waals surface area contributed by atoms with Gasteiger partial charge in [-0.15, -0.1) is 11.3 Å². The summed E-state index contributed by atoms with van der Waals surface area (Å²) in [6, 6.07) is 1.12. The lowest BCUT2D eigenvalue weighted by atomic mass is 10.2. The summed E-state index contributed by atoms with van der Waals surface area (Å²) in [6.07, 6.45) is -0.270. The standard InChI is InChI=1S/C12H8F3NO2S/c1-5-9(4-10(17)18)19-12(16-5)11-7(14)2-6(13)3-8(11)15/h2-3H,4H2,1H3,(H,17,18). The third-order valence-electron chi connectivity index (χ3n) is 2.43. The molecule has 1 aromatic heterocycles. The van der Waals surface area contributed by atoms with Gasteiger partial charge in [-0.25, -0.2) is 18.2 Å². The van der Waals surface area contributed by atoms with E-state index in [9.17, 15) is 18.0 Å². The van der Waals surface area contributed by atoms with E-state index in [0.29, 0.717) is 22.7 Å². The molecule has 0 aliphatic rings. The second kappa shape index (κ2) is 5.00. The highest BCUT2D eigenvalue weighted by Crippen LogP contribution is 2.32. The minimum absolute atomic E-state index is 0.00347. The summed E-state index contributed by atoms with van der Waals surface area (Å²) in [4.78, 5) is 15.0. The Balaban J connectivity index is 2.51. The molecule has 1 heterocycles. The van der Waals surface area contributed by atoms with Crippen molar-refractivity contribution in [1.29, 1.82) is 0 Å². The van der Waals surface area contributed by atoms with Gasteiger partial charge in [0.05, 0.1) is 17.7 Å². The molecule has 0 saturated heterocycles. The Morgan fingerprint density at radius 2 is 1.89 bits per heavy atom. The Morgan fingerprint density at radius 1 is 1.32 bits per heavy atom. The first-order valence-corrected chi connectivity index (χ1v) is 6.03. The molecule has 0 saturated carbocycles. The molecule has 19 heavy (non-hydrogen) atoms. The van der Waals surface area contributed by atoms with Crippen molar-refractivity contribution >= 4 is 17.3 Å². The smallest absolute Gasteiger partial charge is 0.308 e. The zero-order valence-corrected chi connectivity index (χ0v) is 10.5. The zero-order valence-electron chi connectivity index (χ0n) is 9.71. The number of carbonyl (C=O) groups is 1. The van der Waals surface area contributed by atoms with E-state index in [2.05, 4.69) is 4.98 Å². The lowest BCUT2D eigenvalue weighted by Gasteiger charge is -2.01. The number of benzene rings is 1. The molecule has 0 aliphatic heterocycles. The van der Waals surface area contributed by atoms with Gasteiger partial charge in [0.2, 0.25) is 0 Å². The highest BCUT2D eigenvalue weighted by Gasteiger charge is 2.19.